The van der Waals surface area contributed by atoms with E-state index in [2.05, 4.69) is 9.46 Å². The average molecular weight is 334 g/mol. The summed E-state index contributed by atoms with van der Waals surface area (Å²) in [6.45, 7) is 0. The molecule has 1 heterocycles. The lowest BCUT2D eigenvalue weighted by Gasteiger charge is -2.06. The Bertz CT molecular complexity index is 789. The minimum absolute atomic E-state index is 0.175. The zero-order valence-electron chi connectivity index (χ0n) is 11.0. The summed E-state index contributed by atoms with van der Waals surface area (Å²) in [5.41, 5.74) is 0.813. The molecule has 1 N–H and O–H groups in total. The van der Waals surface area contributed by atoms with Gasteiger partial charge in [-0.3, -0.25) is 9.52 Å². The molecule has 0 aliphatic carbocycles. The van der Waals surface area contributed by atoms with Crippen molar-refractivity contribution in [1.29, 1.82) is 0 Å². The van der Waals surface area contributed by atoms with Crippen molar-refractivity contribution in [3.63, 3.8) is 0 Å². The molecule has 0 saturated heterocycles. The second-order valence-electron chi connectivity index (χ2n) is 4.40. The van der Waals surface area contributed by atoms with Crippen molar-refractivity contribution < 1.29 is 19.1 Å². The van der Waals surface area contributed by atoms with Crippen molar-refractivity contribution in [3.8, 4) is 0 Å². The number of halogens is 1. The molecule has 1 amide bonds. The SMILES string of the molecule is O=C(NSc1cccc2c1C(=O)OC2=O)c1ccc(Cl)cc1. The molecule has 0 atom stereocenters. The van der Waals surface area contributed by atoms with Crippen LogP contribution < -0.4 is 4.72 Å². The van der Waals surface area contributed by atoms with Gasteiger partial charge in [0, 0.05) is 15.5 Å². The first kappa shape index (κ1) is 14.6. The second kappa shape index (κ2) is 5.82. The largest absolute Gasteiger partial charge is 0.386 e. The van der Waals surface area contributed by atoms with Crippen LogP contribution in [0.15, 0.2) is 47.4 Å². The summed E-state index contributed by atoms with van der Waals surface area (Å²) in [6.07, 6.45) is 0. The maximum atomic E-state index is 12.0. The number of rotatable bonds is 3. The third-order valence-electron chi connectivity index (χ3n) is 3.00. The summed E-state index contributed by atoms with van der Waals surface area (Å²) in [5, 5.41) is 0.534. The molecule has 2 aromatic carbocycles. The van der Waals surface area contributed by atoms with Gasteiger partial charge in [0.05, 0.1) is 11.1 Å². The Morgan fingerprint density at radius 2 is 1.77 bits per heavy atom. The summed E-state index contributed by atoms with van der Waals surface area (Å²) in [4.78, 5) is 35.6. The molecule has 0 bridgehead atoms. The fourth-order valence-electron chi connectivity index (χ4n) is 1.95. The minimum Gasteiger partial charge on any atom is -0.386 e. The van der Waals surface area contributed by atoms with Crippen LogP contribution in [0.1, 0.15) is 31.1 Å². The molecule has 110 valence electrons. The molecule has 0 saturated carbocycles. The quantitative estimate of drug-likeness (QED) is 0.531. The highest BCUT2D eigenvalue weighted by Gasteiger charge is 2.32. The molecule has 5 nitrogen and oxygen atoms in total. The van der Waals surface area contributed by atoms with Gasteiger partial charge in [-0.1, -0.05) is 17.7 Å². The highest BCUT2D eigenvalue weighted by Crippen LogP contribution is 2.29. The van der Waals surface area contributed by atoms with Gasteiger partial charge in [0.2, 0.25) is 0 Å². The van der Waals surface area contributed by atoms with Crippen molar-refractivity contribution in [2.75, 3.05) is 0 Å². The minimum atomic E-state index is -0.705. The van der Waals surface area contributed by atoms with E-state index in [1.807, 2.05) is 0 Å². The van der Waals surface area contributed by atoms with Crippen LogP contribution in [0, 0.1) is 0 Å². The number of ether oxygens (including phenoxy) is 1. The van der Waals surface area contributed by atoms with Crippen LogP contribution in [0.25, 0.3) is 0 Å². The molecule has 0 unspecified atom stereocenters. The standard InChI is InChI=1S/C15H8ClNO4S/c16-9-6-4-8(5-7-9)13(18)17-22-11-3-1-2-10-12(11)15(20)21-14(10)19/h1-7H,(H,17,18). The van der Waals surface area contributed by atoms with E-state index in [1.165, 1.54) is 6.07 Å². The van der Waals surface area contributed by atoms with E-state index in [0.29, 0.717) is 15.5 Å². The number of hydrogen-bond donors (Lipinski definition) is 1. The third kappa shape index (κ3) is 2.70. The van der Waals surface area contributed by atoms with Crippen molar-refractivity contribution in [3.05, 3.63) is 64.2 Å². The zero-order valence-corrected chi connectivity index (χ0v) is 12.5. The van der Waals surface area contributed by atoms with Gasteiger partial charge in [-0.2, -0.15) is 0 Å². The first-order chi connectivity index (χ1) is 10.6. The number of cyclic esters (lactones) is 2. The molecule has 3 rings (SSSR count). The molecule has 2 aromatic rings. The summed E-state index contributed by atoms with van der Waals surface area (Å²) in [7, 11) is 0. The molecule has 0 radical (unpaired) electrons. The topological polar surface area (TPSA) is 72.5 Å². The molecule has 22 heavy (non-hydrogen) atoms. The number of hydrogen-bond acceptors (Lipinski definition) is 5. The van der Waals surface area contributed by atoms with Gasteiger partial charge < -0.3 is 4.74 Å². The number of carbonyl (C=O) groups is 3. The predicted molar refractivity (Wildman–Crippen MR) is 81.0 cm³/mol. The Morgan fingerprint density at radius 3 is 2.50 bits per heavy atom. The smallest absolute Gasteiger partial charge is 0.348 e. The zero-order chi connectivity index (χ0) is 15.7. The van der Waals surface area contributed by atoms with E-state index in [-0.39, 0.29) is 17.0 Å². The molecule has 1 aliphatic rings. The van der Waals surface area contributed by atoms with Crippen LogP contribution in [0.3, 0.4) is 0 Å². The van der Waals surface area contributed by atoms with Crippen LogP contribution in [0.5, 0.6) is 0 Å². The molecule has 0 fully saturated rings. The normalized spacial score (nSPS) is 12.8. The lowest BCUT2D eigenvalue weighted by Crippen LogP contribution is -2.16. The number of carbonyl (C=O) groups excluding carboxylic acids is 3. The molecular weight excluding hydrogens is 326 g/mol. The number of nitrogens with one attached hydrogen (secondary N) is 1. The van der Waals surface area contributed by atoms with Gasteiger partial charge in [-0.25, -0.2) is 9.59 Å². The lowest BCUT2D eigenvalue weighted by atomic mass is 10.1. The Morgan fingerprint density at radius 1 is 1.05 bits per heavy atom. The van der Waals surface area contributed by atoms with E-state index in [4.69, 9.17) is 11.6 Å². The van der Waals surface area contributed by atoms with Gasteiger partial charge in [-0.05, 0) is 48.3 Å². The van der Waals surface area contributed by atoms with Crippen LogP contribution in [-0.4, -0.2) is 17.8 Å². The van der Waals surface area contributed by atoms with Crippen molar-refractivity contribution >= 4 is 41.4 Å². The molecule has 0 spiro atoms. The fourth-order valence-corrected chi connectivity index (χ4v) is 2.84. The second-order valence-corrected chi connectivity index (χ2v) is 5.68. The highest BCUT2D eigenvalue weighted by molar-refractivity contribution is 7.98. The number of amides is 1. The first-order valence-electron chi connectivity index (χ1n) is 6.18. The van der Waals surface area contributed by atoms with E-state index < -0.39 is 11.9 Å². The summed E-state index contributed by atoms with van der Waals surface area (Å²) >= 11 is 6.72. The van der Waals surface area contributed by atoms with Gasteiger partial charge in [0.15, 0.2) is 0 Å². The number of fused-ring (bicyclic) bond motifs is 1. The van der Waals surface area contributed by atoms with E-state index in [9.17, 15) is 14.4 Å². The van der Waals surface area contributed by atoms with Crippen molar-refractivity contribution in [2.24, 2.45) is 0 Å². The Balaban J connectivity index is 1.78. The molecule has 0 aromatic heterocycles. The lowest BCUT2D eigenvalue weighted by molar-refractivity contribution is 0.0442. The van der Waals surface area contributed by atoms with Crippen LogP contribution >= 0.6 is 23.5 Å². The number of esters is 2. The first-order valence-corrected chi connectivity index (χ1v) is 7.38. The monoisotopic (exact) mass is 333 g/mol. The van der Waals surface area contributed by atoms with E-state index in [0.717, 1.165) is 11.9 Å². The van der Waals surface area contributed by atoms with Gasteiger partial charge >= 0.3 is 11.9 Å². The maximum absolute atomic E-state index is 12.0. The molecule has 7 heteroatoms. The van der Waals surface area contributed by atoms with Crippen molar-refractivity contribution in [1.82, 2.24) is 4.72 Å². The highest BCUT2D eigenvalue weighted by atomic mass is 35.5. The van der Waals surface area contributed by atoms with Gasteiger partial charge in [0.25, 0.3) is 5.91 Å². The van der Waals surface area contributed by atoms with Crippen molar-refractivity contribution in [2.45, 2.75) is 4.90 Å². The molecular formula is C15H8ClNO4S. The van der Waals surface area contributed by atoms with Gasteiger partial charge in [0.1, 0.15) is 0 Å². The van der Waals surface area contributed by atoms with Crippen LogP contribution in [0.2, 0.25) is 5.02 Å². The third-order valence-corrected chi connectivity index (χ3v) is 4.10. The van der Waals surface area contributed by atoms with Crippen LogP contribution in [-0.2, 0) is 4.74 Å². The fraction of sp³-hybridized carbons (Fsp3) is 0. The average Bonchev–Trinajstić information content (AvgIpc) is 2.81. The summed E-state index contributed by atoms with van der Waals surface area (Å²) in [6, 6.07) is 11.2. The van der Waals surface area contributed by atoms with E-state index >= 15 is 0 Å². The Hall–Kier alpha value is -2.31. The number of benzene rings is 2. The maximum Gasteiger partial charge on any atom is 0.348 e. The predicted octanol–water partition coefficient (Wildman–Crippen LogP) is 3.09. The summed E-state index contributed by atoms with van der Waals surface area (Å²) < 4.78 is 7.17. The van der Waals surface area contributed by atoms with Crippen LogP contribution in [0.4, 0.5) is 0 Å². The van der Waals surface area contributed by atoms with E-state index in [1.54, 1.807) is 36.4 Å². The Labute approximate surface area is 134 Å². The van der Waals surface area contributed by atoms with Gasteiger partial charge in [-0.15, -0.1) is 0 Å². The summed E-state index contributed by atoms with van der Waals surface area (Å²) in [5.74, 6) is -1.72. The molecule has 1 aliphatic heterocycles. The Kier molecular flexibility index (Phi) is 3.87.